The van der Waals surface area contributed by atoms with Gasteiger partial charge in [0.1, 0.15) is 30.7 Å². The van der Waals surface area contributed by atoms with Crippen LogP contribution in [0.15, 0.2) is 85.2 Å². The zero-order valence-corrected chi connectivity index (χ0v) is 45.7. The van der Waals surface area contributed by atoms with E-state index in [0.717, 1.165) is 6.92 Å². The van der Waals surface area contributed by atoms with Gasteiger partial charge in [0.15, 0.2) is 87.3 Å². The molecule has 2 unspecified atom stereocenters. The number of rotatable bonds is 24. The predicted molar refractivity (Wildman–Crippen MR) is 285 cm³/mol. The van der Waals surface area contributed by atoms with Crippen molar-refractivity contribution in [2.24, 2.45) is 0 Å². The number of aliphatic hydroxyl groups is 3. The molecule has 5 aromatic carbocycles. The van der Waals surface area contributed by atoms with Gasteiger partial charge in [-0.25, -0.2) is 28.8 Å². The summed E-state index contributed by atoms with van der Waals surface area (Å²) in [5.41, 5.74) is -4.13. The Balaban J connectivity index is 1.41. The zero-order chi connectivity index (χ0) is 67.6. The first-order valence-electron chi connectivity index (χ1n) is 25.1. The average Bonchev–Trinajstić information content (AvgIpc) is 1.70. The number of Topliss-reactive ketones (excluding diaryl/α,β-unsaturated/α-hetero) is 3. The molecule has 0 radical (unpaired) electrons. The smallest absolute Gasteiger partial charge is 0.343 e. The molecule has 0 spiro atoms. The van der Waals surface area contributed by atoms with Gasteiger partial charge in [0.05, 0.1) is 34.2 Å². The molecular formula is C56H46O35. The van der Waals surface area contributed by atoms with Gasteiger partial charge in [-0.3, -0.25) is 24.0 Å². The van der Waals surface area contributed by atoms with Gasteiger partial charge in [0.25, 0.3) is 12.3 Å². The van der Waals surface area contributed by atoms with Crippen molar-refractivity contribution in [3.8, 4) is 86.2 Å². The molecule has 15 N–H and O–H groups in total. The van der Waals surface area contributed by atoms with Gasteiger partial charge in [-0.1, -0.05) is 6.58 Å². The number of ether oxygens (including phenoxy) is 9. The van der Waals surface area contributed by atoms with Crippen LogP contribution < -0.4 is 14.2 Å². The Morgan fingerprint density at radius 3 is 1.37 bits per heavy atom. The van der Waals surface area contributed by atoms with E-state index in [0.29, 0.717) is 72.8 Å². The van der Waals surface area contributed by atoms with Crippen molar-refractivity contribution < 1.29 is 172 Å². The molecule has 480 valence electrons. The zero-order valence-electron chi connectivity index (χ0n) is 45.7. The van der Waals surface area contributed by atoms with E-state index >= 15 is 0 Å². The Hall–Kier alpha value is -12.2. The maximum absolute atomic E-state index is 14.3. The summed E-state index contributed by atoms with van der Waals surface area (Å²) in [6, 6.07) is 5.33. The van der Waals surface area contributed by atoms with E-state index in [1.165, 1.54) is 0 Å². The molecule has 1 aliphatic heterocycles. The second kappa shape index (κ2) is 28.5. The lowest BCUT2D eigenvalue weighted by atomic mass is 9.98. The van der Waals surface area contributed by atoms with E-state index in [2.05, 4.69) is 11.3 Å². The number of carbonyl (C=O) groups excluding carboxylic acids is 11. The van der Waals surface area contributed by atoms with E-state index < -0.39 is 241 Å². The first-order chi connectivity index (χ1) is 42.7. The van der Waals surface area contributed by atoms with Crippen LogP contribution in [-0.4, -0.2) is 192 Å². The standard InChI is InChI=1S/C56H46O35/c1-19(58)41(70)26(59)3-5-39(68)85-35-14-23(11-32(65)45(35)74)51(78)83-17-38-49(90-54(81)24-12-33(66)46(75)36(15-24)86-52(79)21-7-28(61)43(72)29(62)8-21)50(89-40(69)6-4-27(60)42(71)20(2)84-18-57)48(77)56(88-38)91-55(82)25-13-34(67)47(76)37(16-25)87-53(80)22-9-30(63)44(73)31(64)10-22/h4,6-16,18,27,38,42,48-50,56,60-67,71-77H,2-3,5,17H2,1H3/t27?,38-,42?,48-,49-,50-,56+/m1/s1. The Morgan fingerprint density at radius 2 is 0.934 bits per heavy atom. The third-order valence-corrected chi connectivity index (χ3v) is 12.2. The minimum atomic E-state index is -2.72. The molecule has 35 nitrogen and oxygen atoms in total. The largest absolute Gasteiger partial charge is 0.504 e. The number of phenolic OH excluding ortho intramolecular Hbond substituents is 12. The molecule has 0 amide bonds. The molecule has 6 rings (SSSR count). The van der Waals surface area contributed by atoms with Crippen LogP contribution in [0.1, 0.15) is 71.6 Å². The van der Waals surface area contributed by atoms with Gasteiger partial charge < -0.3 is 119 Å². The van der Waals surface area contributed by atoms with E-state index in [-0.39, 0.29) is 6.47 Å². The van der Waals surface area contributed by atoms with Crippen molar-refractivity contribution in [3.63, 3.8) is 0 Å². The maximum atomic E-state index is 14.3. The molecule has 0 bridgehead atoms. The summed E-state index contributed by atoms with van der Waals surface area (Å²) >= 11 is 0. The Morgan fingerprint density at radius 1 is 0.527 bits per heavy atom. The monoisotopic (exact) mass is 1280 g/mol. The van der Waals surface area contributed by atoms with E-state index in [4.69, 9.17) is 37.9 Å². The molecule has 1 heterocycles. The Labute approximate surface area is 504 Å². The lowest BCUT2D eigenvalue weighted by Crippen LogP contribution is -2.62. The third kappa shape index (κ3) is 16.3. The number of phenols is 12. The number of benzene rings is 5. The van der Waals surface area contributed by atoms with Crippen LogP contribution in [0.2, 0.25) is 0 Å². The molecule has 1 aliphatic rings. The predicted octanol–water partition coefficient (Wildman–Crippen LogP) is 0.207. The van der Waals surface area contributed by atoms with Crippen molar-refractivity contribution in [2.75, 3.05) is 6.61 Å². The highest BCUT2D eigenvalue weighted by Crippen LogP contribution is 2.43. The first-order valence-corrected chi connectivity index (χ1v) is 25.1. The Bertz CT molecular complexity index is 3800. The highest BCUT2D eigenvalue weighted by Gasteiger charge is 2.52. The van der Waals surface area contributed by atoms with Crippen LogP contribution in [0.25, 0.3) is 0 Å². The van der Waals surface area contributed by atoms with Crippen molar-refractivity contribution in [3.05, 3.63) is 113 Å². The number of hydrogen-bond donors (Lipinski definition) is 15. The lowest BCUT2D eigenvalue weighted by molar-refractivity contribution is -0.286. The second-order valence-electron chi connectivity index (χ2n) is 18.6. The van der Waals surface area contributed by atoms with Gasteiger partial charge >= 0.3 is 41.8 Å². The second-order valence-corrected chi connectivity index (χ2v) is 18.6. The summed E-state index contributed by atoms with van der Waals surface area (Å²) in [4.78, 5) is 140. The number of esters is 7. The minimum absolute atomic E-state index is 0.189. The molecule has 1 saturated heterocycles. The van der Waals surface area contributed by atoms with E-state index in [1.807, 2.05) is 0 Å². The van der Waals surface area contributed by atoms with Gasteiger partial charge in [0.2, 0.25) is 35.1 Å². The SMILES string of the molecule is C=C(OC=O)C(O)C(O)C=CC(=O)O[C@@H]1[C@@H](O)[C@H](OC(=O)c2cc(O)c(O)c(OC(=O)c3cc(O)c(O)c(O)c3)c2)O[C@H](COC(=O)c2cc(O)c(O)c(OC(=O)CCC(=O)C(=O)C(C)=O)c2)[C@H]1OC(=O)c1cc(O)c(O)c(OC(=O)c2cc(O)c(O)c(O)c2)c1. The van der Waals surface area contributed by atoms with Crippen LogP contribution >= 0.6 is 0 Å². The van der Waals surface area contributed by atoms with Crippen molar-refractivity contribution in [1.82, 2.24) is 0 Å². The van der Waals surface area contributed by atoms with Gasteiger partial charge in [-0.2, -0.15) is 0 Å². The number of carbonyl (C=O) groups is 11. The third-order valence-electron chi connectivity index (χ3n) is 12.2. The van der Waals surface area contributed by atoms with Crippen LogP contribution in [0, 0.1) is 0 Å². The van der Waals surface area contributed by atoms with E-state index in [9.17, 15) is 129 Å². The van der Waals surface area contributed by atoms with Crippen LogP contribution in [0.5, 0.6) is 86.2 Å². The molecule has 1 fully saturated rings. The molecule has 0 aromatic heterocycles. The lowest BCUT2D eigenvalue weighted by Gasteiger charge is -2.42. The van der Waals surface area contributed by atoms with Crippen LogP contribution in [0.4, 0.5) is 0 Å². The topological polar surface area (TPSA) is 574 Å². The summed E-state index contributed by atoms with van der Waals surface area (Å²) < 4.78 is 46.8. The first kappa shape index (κ1) is 67.9. The molecule has 35 heteroatoms. The fourth-order valence-electron chi connectivity index (χ4n) is 7.61. The van der Waals surface area contributed by atoms with Crippen molar-refractivity contribution in [2.45, 2.75) is 62.7 Å². The Kier molecular flexibility index (Phi) is 21.3. The fraction of sp³-hybridized carbons (Fsp3) is 0.196. The summed E-state index contributed by atoms with van der Waals surface area (Å²) in [7, 11) is 0. The fourth-order valence-corrected chi connectivity index (χ4v) is 7.61. The number of aromatic hydroxyl groups is 12. The highest BCUT2D eigenvalue weighted by molar-refractivity contribution is 6.63. The molecule has 0 saturated carbocycles. The highest BCUT2D eigenvalue weighted by atomic mass is 16.7. The quantitative estimate of drug-likeness (QED) is 0.00452. The van der Waals surface area contributed by atoms with Gasteiger partial charge in [-0.05, 0) is 66.7 Å². The molecular weight excluding hydrogens is 1230 g/mol. The normalized spacial score (nSPS) is 16.6. The summed E-state index contributed by atoms with van der Waals surface area (Å²) in [6.07, 6.45) is -18.1. The summed E-state index contributed by atoms with van der Waals surface area (Å²) in [5, 5.41) is 155. The molecule has 0 aliphatic carbocycles. The average molecular weight is 1280 g/mol. The molecule has 91 heavy (non-hydrogen) atoms. The van der Waals surface area contributed by atoms with Crippen LogP contribution in [0.3, 0.4) is 0 Å². The number of aliphatic hydroxyl groups excluding tert-OH is 3. The van der Waals surface area contributed by atoms with E-state index in [1.54, 1.807) is 0 Å². The molecule has 5 aromatic rings. The van der Waals surface area contributed by atoms with Gasteiger partial charge in [-0.15, -0.1) is 0 Å². The minimum Gasteiger partial charge on any atom is -0.504 e. The number of hydrogen-bond acceptors (Lipinski definition) is 35. The molecule has 7 atom stereocenters. The summed E-state index contributed by atoms with van der Waals surface area (Å²) in [6.45, 7) is 2.38. The van der Waals surface area contributed by atoms with Gasteiger partial charge in [0, 0.05) is 19.4 Å². The number of ketones is 3. The van der Waals surface area contributed by atoms with Crippen molar-refractivity contribution >= 4 is 65.6 Å². The van der Waals surface area contributed by atoms with Crippen molar-refractivity contribution in [1.29, 1.82) is 0 Å². The van der Waals surface area contributed by atoms with Crippen LogP contribution in [-0.2, 0) is 57.2 Å². The summed E-state index contributed by atoms with van der Waals surface area (Å²) in [5.74, 6) is -32.9. The maximum Gasteiger partial charge on any atom is 0.343 e.